The number of fused-ring (bicyclic) bond motifs is 1. The molecule has 2 aliphatic rings. The van der Waals surface area contributed by atoms with E-state index in [1.54, 1.807) is 0 Å². The molecule has 1 atom stereocenters. The summed E-state index contributed by atoms with van der Waals surface area (Å²) in [6.45, 7) is 11.4. The summed E-state index contributed by atoms with van der Waals surface area (Å²) in [5.41, 5.74) is 2.82. The molecule has 166 valence electrons. The van der Waals surface area contributed by atoms with Gasteiger partial charge in [-0.1, -0.05) is 45.0 Å². The Balaban J connectivity index is 1.59. The van der Waals surface area contributed by atoms with Gasteiger partial charge in [0.2, 0.25) is 5.95 Å². The Hall–Kier alpha value is -2.41. The molecule has 0 radical (unpaired) electrons. The fourth-order valence-corrected chi connectivity index (χ4v) is 4.51. The largest absolute Gasteiger partial charge is 0.362 e. The Morgan fingerprint density at radius 1 is 1.13 bits per heavy atom. The number of hydrogen-bond donors (Lipinski definition) is 2. The molecule has 2 N–H and O–H groups in total. The third kappa shape index (κ3) is 5.64. The number of nitrogens with zero attached hydrogens (tertiary/aromatic N) is 4. The molecule has 4 rings (SSSR count). The highest BCUT2D eigenvalue weighted by molar-refractivity contribution is 7.80. The van der Waals surface area contributed by atoms with Gasteiger partial charge in [-0.25, -0.2) is 0 Å². The summed E-state index contributed by atoms with van der Waals surface area (Å²) >= 11 is 5.50. The minimum Gasteiger partial charge on any atom is -0.362 e. The second-order valence-electron chi connectivity index (χ2n) is 9.27. The van der Waals surface area contributed by atoms with E-state index in [4.69, 9.17) is 22.2 Å². The molecule has 2 aliphatic heterocycles. The lowest BCUT2D eigenvalue weighted by molar-refractivity contribution is 0.444. The van der Waals surface area contributed by atoms with Gasteiger partial charge in [0.05, 0.1) is 0 Å². The number of hydrogen-bond acceptors (Lipinski definition) is 5. The van der Waals surface area contributed by atoms with Crippen LogP contribution in [0.25, 0.3) is 0 Å². The topological polar surface area (TPSA) is 56.3 Å². The maximum absolute atomic E-state index is 5.50. The predicted molar refractivity (Wildman–Crippen MR) is 133 cm³/mol. The molecule has 31 heavy (non-hydrogen) atoms. The second-order valence-corrected chi connectivity index (χ2v) is 9.68. The summed E-state index contributed by atoms with van der Waals surface area (Å²) in [6, 6.07) is 10.9. The van der Waals surface area contributed by atoms with Crippen molar-refractivity contribution in [2.75, 3.05) is 41.3 Å². The molecular formula is C24H34N6S. The molecule has 0 amide bonds. The van der Waals surface area contributed by atoms with Gasteiger partial charge in [0.25, 0.3) is 0 Å². The molecular weight excluding hydrogens is 404 g/mol. The van der Waals surface area contributed by atoms with Crippen LogP contribution in [-0.2, 0) is 13.0 Å². The second kappa shape index (κ2) is 9.81. The van der Waals surface area contributed by atoms with Gasteiger partial charge in [-0.15, -0.1) is 0 Å². The van der Waals surface area contributed by atoms with Gasteiger partial charge in [-0.05, 0) is 54.4 Å². The van der Waals surface area contributed by atoms with Crippen molar-refractivity contribution in [3.8, 4) is 0 Å². The molecule has 0 unspecified atom stereocenters. The van der Waals surface area contributed by atoms with Gasteiger partial charge in [-0.2, -0.15) is 9.97 Å². The van der Waals surface area contributed by atoms with Gasteiger partial charge in [0.1, 0.15) is 11.6 Å². The molecule has 7 heteroatoms. The number of piperidine rings is 1. The highest BCUT2D eigenvalue weighted by atomic mass is 32.1. The normalized spacial score (nSPS) is 18.6. The van der Waals surface area contributed by atoms with Crippen LogP contribution in [0.4, 0.5) is 17.6 Å². The van der Waals surface area contributed by atoms with Gasteiger partial charge >= 0.3 is 0 Å². The van der Waals surface area contributed by atoms with Crippen molar-refractivity contribution in [1.82, 2.24) is 15.3 Å². The molecule has 0 bridgehead atoms. The first kappa shape index (κ1) is 21.8. The number of aromatic nitrogens is 2. The summed E-state index contributed by atoms with van der Waals surface area (Å²) < 4.78 is 0. The Labute approximate surface area is 191 Å². The SMILES string of the molecule is CC(C)CNC(=S)Nc1nc(N2CCc3ccccc3C2)cc(N2CCC[C@@H](C)C2)n1. The molecule has 1 aromatic carbocycles. The van der Waals surface area contributed by atoms with Crippen LogP contribution in [-0.4, -0.2) is 41.3 Å². The van der Waals surface area contributed by atoms with E-state index in [1.807, 2.05) is 0 Å². The van der Waals surface area contributed by atoms with Gasteiger partial charge in [0, 0.05) is 38.8 Å². The number of nitrogens with one attached hydrogen (secondary N) is 2. The molecule has 0 aliphatic carbocycles. The number of rotatable bonds is 5. The van der Waals surface area contributed by atoms with Crippen molar-refractivity contribution in [1.29, 1.82) is 0 Å². The Bertz CT molecular complexity index is 915. The monoisotopic (exact) mass is 438 g/mol. The molecule has 0 spiro atoms. The summed E-state index contributed by atoms with van der Waals surface area (Å²) in [5, 5.41) is 7.07. The molecule has 1 saturated heterocycles. The molecule has 1 fully saturated rings. The number of benzene rings is 1. The smallest absolute Gasteiger partial charge is 0.232 e. The summed E-state index contributed by atoms with van der Waals surface area (Å²) in [4.78, 5) is 14.5. The molecule has 1 aromatic heterocycles. The van der Waals surface area contributed by atoms with Gasteiger partial charge < -0.3 is 20.4 Å². The number of thiocarbonyl (C=S) groups is 1. The molecule has 6 nitrogen and oxygen atoms in total. The van der Waals surface area contributed by atoms with Gasteiger partial charge in [-0.3, -0.25) is 0 Å². The Morgan fingerprint density at radius 3 is 2.61 bits per heavy atom. The van der Waals surface area contributed by atoms with Crippen molar-refractivity contribution in [3.63, 3.8) is 0 Å². The van der Waals surface area contributed by atoms with E-state index >= 15 is 0 Å². The van der Waals surface area contributed by atoms with Crippen molar-refractivity contribution in [3.05, 3.63) is 41.5 Å². The lowest BCUT2D eigenvalue weighted by Gasteiger charge is -2.34. The van der Waals surface area contributed by atoms with E-state index in [0.29, 0.717) is 22.9 Å². The molecule has 2 aromatic rings. The Morgan fingerprint density at radius 2 is 1.87 bits per heavy atom. The van der Waals surface area contributed by atoms with E-state index in [1.165, 1.54) is 24.0 Å². The lowest BCUT2D eigenvalue weighted by atomic mass is 10.00. The first-order valence-electron chi connectivity index (χ1n) is 11.5. The first-order valence-corrected chi connectivity index (χ1v) is 11.9. The zero-order chi connectivity index (χ0) is 21.8. The van der Waals surface area contributed by atoms with Crippen molar-refractivity contribution in [2.45, 2.75) is 46.6 Å². The Kier molecular flexibility index (Phi) is 6.90. The average molecular weight is 439 g/mol. The summed E-state index contributed by atoms with van der Waals surface area (Å²) in [6.07, 6.45) is 3.52. The van der Waals surface area contributed by atoms with Crippen LogP contribution in [0.3, 0.4) is 0 Å². The highest BCUT2D eigenvalue weighted by Crippen LogP contribution is 2.29. The van der Waals surface area contributed by atoms with Crippen LogP contribution < -0.4 is 20.4 Å². The van der Waals surface area contributed by atoms with Crippen LogP contribution in [0.5, 0.6) is 0 Å². The van der Waals surface area contributed by atoms with Crippen molar-refractivity contribution >= 4 is 34.9 Å². The summed E-state index contributed by atoms with van der Waals surface area (Å²) in [5.74, 6) is 3.73. The van der Waals surface area contributed by atoms with Gasteiger partial charge in [0.15, 0.2) is 5.11 Å². The van der Waals surface area contributed by atoms with E-state index < -0.39 is 0 Å². The minimum absolute atomic E-state index is 0.519. The van der Waals surface area contributed by atoms with E-state index in [0.717, 1.165) is 50.8 Å². The third-order valence-electron chi connectivity index (χ3n) is 6.03. The zero-order valence-electron chi connectivity index (χ0n) is 18.9. The molecule has 3 heterocycles. The maximum Gasteiger partial charge on any atom is 0.232 e. The van der Waals surface area contributed by atoms with Crippen LogP contribution in [0.2, 0.25) is 0 Å². The maximum atomic E-state index is 5.50. The van der Waals surface area contributed by atoms with E-state index in [9.17, 15) is 0 Å². The standard InChI is InChI=1S/C24H34N6S/c1-17(2)14-25-24(31)28-23-26-21(29-11-6-7-18(3)15-29)13-22(27-23)30-12-10-19-8-4-5-9-20(19)16-30/h4-5,8-9,13,17-18H,6-7,10-12,14-16H2,1-3H3,(H2,25,26,27,28,31)/t18-/m1/s1. The number of anilines is 3. The quantitative estimate of drug-likeness (QED) is 0.678. The minimum atomic E-state index is 0.519. The van der Waals surface area contributed by atoms with E-state index in [-0.39, 0.29) is 0 Å². The summed E-state index contributed by atoms with van der Waals surface area (Å²) in [7, 11) is 0. The van der Waals surface area contributed by atoms with Crippen LogP contribution >= 0.6 is 12.2 Å². The first-order chi connectivity index (χ1) is 15.0. The fourth-order valence-electron chi connectivity index (χ4n) is 4.33. The van der Waals surface area contributed by atoms with Crippen LogP contribution in [0, 0.1) is 11.8 Å². The predicted octanol–water partition coefficient (Wildman–Crippen LogP) is 4.22. The van der Waals surface area contributed by atoms with Crippen molar-refractivity contribution in [2.24, 2.45) is 11.8 Å². The fraction of sp³-hybridized carbons (Fsp3) is 0.542. The van der Waals surface area contributed by atoms with Crippen LogP contribution in [0.15, 0.2) is 30.3 Å². The molecule has 0 saturated carbocycles. The lowest BCUT2D eigenvalue weighted by Crippen LogP contribution is -2.37. The van der Waals surface area contributed by atoms with Crippen LogP contribution in [0.1, 0.15) is 44.7 Å². The average Bonchev–Trinajstić information content (AvgIpc) is 2.77. The highest BCUT2D eigenvalue weighted by Gasteiger charge is 2.22. The zero-order valence-corrected chi connectivity index (χ0v) is 19.7. The van der Waals surface area contributed by atoms with E-state index in [2.05, 4.69) is 71.5 Å². The van der Waals surface area contributed by atoms with Crippen molar-refractivity contribution < 1.29 is 0 Å². The third-order valence-corrected chi connectivity index (χ3v) is 6.28.